The molecule has 0 saturated carbocycles. The van der Waals surface area contributed by atoms with Gasteiger partial charge in [-0.1, -0.05) is 0 Å². The molecule has 0 bridgehead atoms. The molecule has 0 radical (unpaired) electrons. The first kappa shape index (κ1) is 11.1. The molecule has 0 spiro atoms. The lowest BCUT2D eigenvalue weighted by molar-refractivity contribution is 0.146. The van der Waals surface area contributed by atoms with E-state index < -0.39 is 13.0 Å². The third-order valence-electron chi connectivity index (χ3n) is 1.86. The van der Waals surface area contributed by atoms with E-state index in [1.165, 1.54) is 6.20 Å². The molecule has 1 rings (SSSR count). The van der Waals surface area contributed by atoms with Gasteiger partial charge in [-0.3, -0.25) is 0 Å². The first-order valence-electron chi connectivity index (χ1n) is 3.82. The normalized spacial score (nSPS) is 10.9. The van der Waals surface area contributed by atoms with E-state index in [2.05, 4.69) is 4.98 Å². The molecular formula is C8H9ClF2N2O. The Kier molecular flexibility index (Phi) is 3.60. The molecule has 0 aliphatic rings. The smallest absolute Gasteiger partial charge is 0.264 e. The SMILES string of the molecule is Nc1ncc(CCl)c(C(F)F)c1CO. The minimum Gasteiger partial charge on any atom is -0.392 e. The number of rotatable bonds is 3. The lowest BCUT2D eigenvalue weighted by Crippen LogP contribution is -2.06. The van der Waals surface area contributed by atoms with E-state index in [-0.39, 0.29) is 28.4 Å². The Morgan fingerprint density at radius 1 is 1.57 bits per heavy atom. The molecular weight excluding hydrogens is 214 g/mol. The minimum atomic E-state index is -2.71. The molecule has 0 amide bonds. The summed E-state index contributed by atoms with van der Waals surface area (Å²) < 4.78 is 25.2. The molecule has 78 valence electrons. The van der Waals surface area contributed by atoms with E-state index in [0.29, 0.717) is 0 Å². The number of aliphatic hydroxyl groups excluding tert-OH is 1. The zero-order valence-electron chi connectivity index (χ0n) is 7.17. The molecule has 3 N–H and O–H groups in total. The van der Waals surface area contributed by atoms with Crippen LogP contribution in [0.4, 0.5) is 14.6 Å². The van der Waals surface area contributed by atoms with E-state index in [0.717, 1.165) is 0 Å². The van der Waals surface area contributed by atoms with E-state index in [9.17, 15) is 8.78 Å². The second-order valence-corrected chi connectivity index (χ2v) is 2.92. The van der Waals surface area contributed by atoms with Gasteiger partial charge in [-0.15, -0.1) is 11.6 Å². The van der Waals surface area contributed by atoms with Crippen molar-refractivity contribution in [3.05, 3.63) is 22.9 Å². The number of alkyl halides is 3. The minimum absolute atomic E-state index is 0.0434. The Morgan fingerprint density at radius 3 is 2.64 bits per heavy atom. The highest BCUT2D eigenvalue weighted by Crippen LogP contribution is 2.30. The molecule has 0 aliphatic heterocycles. The molecule has 0 aromatic carbocycles. The average molecular weight is 223 g/mol. The molecule has 0 fully saturated rings. The van der Waals surface area contributed by atoms with Crippen LogP contribution in [0.2, 0.25) is 0 Å². The Morgan fingerprint density at radius 2 is 2.21 bits per heavy atom. The van der Waals surface area contributed by atoms with Gasteiger partial charge >= 0.3 is 0 Å². The van der Waals surface area contributed by atoms with Crippen LogP contribution in [0.15, 0.2) is 6.20 Å². The summed E-state index contributed by atoms with van der Waals surface area (Å²) in [6, 6.07) is 0. The molecule has 0 saturated heterocycles. The van der Waals surface area contributed by atoms with E-state index >= 15 is 0 Å². The largest absolute Gasteiger partial charge is 0.392 e. The summed E-state index contributed by atoms with van der Waals surface area (Å²) in [6.07, 6.45) is -1.51. The highest BCUT2D eigenvalue weighted by atomic mass is 35.5. The Labute approximate surface area is 84.5 Å². The molecule has 6 heteroatoms. The summed E-state index contributed by atoms with van der Waals surface area (Å²) in [5.41, 5.74) is 5.19. The van der Waals surface area contributed by atoms with Crippen molar-refractivity contribution in [1.29, 1.82) is 0 Å². The van der Waals surface area contributed by atoms with Crippen LogP contribution in [0.1, 0.15) is 23.1 Å². The van der Waals surface area contributed by atoms with Gasteiger partial charge in [-0.05, 0) is 5.56 Å². The van der Waals surface area contributed by atoms with Crippen molar-refractivity contribution in [2.24, 2.45) is 0 Å². The van der Waals surface area contributed by atoms with Crippen molar-refractivity contribution < 1.29 is 13.9 Å². The highest BCUT2D eigenvalue weighted by Gasteiger charge is 2.19. The van der Waals surface area contributed by atoms with E-state index in [4.69, 9.17) is 22.4 Å². The number of hydrogen-bond acceptors (Lipinski definition) is 3. The standard InChI is InChI=1S/C8H9ClF2N2O/c9-1-4-2-13-8(12)5(3-14)6(4)7(10)11/h2,7,14H,1,3H2,(H2,12,13). The van der Waals surface area contributed by atoms with Gasteiger partial charge < -0.3 is 10.8 Å². The van der Waals surface area contributed by atoms with E-state index in [1.807, 2.05) is 0 Å². The average Bonchev–Trinajstić information content (AvgIpc) is 2.17. The van der Waals surface area contributed by atoms with Crippen LogP contribution in [0.5, 0.6) is 0 Å². The fourth-order valence-electron chi connectivity index (χ4n) is 1.17. The van der Waals surface area contributed by atoms with Crippen LogP contribution < -0.4 is 5.73 Å². The number of halogens is 3. The van der Waals surface area contributed by atoms with Gasteiger partial charge in [-0.25, -0.2) is 13.8 Å². The fraction of sp³-hybridized carbons (Fsp3) is 0.375. The number of nitrogens with zero attached hydrogens (tertiary/aromatic N) is 1. The molecule has 3 nitrogen and oxygen atoms in total. The number of aromatic nitrogens is 1. The van der Waals surface area contributed by atoms with Gasteiger partial charge in [0.2, 0.25) is 0 Å². The molecule has 0 unspecified atom stereocenters. The molecule has 1 aromatic rings. The second kappa shape index (κ2) is 4.52. The zero-order chi connectivity index (χ0) is 10.7. The number of nitrogens with two attached hydrogens (primary N) is 1. The predicted molar refractivity (Wildman–Crippen MR) is 49.1 cm³/mol. The van der Waals surface area contributed by atoms with Gasteiger partial charge in [0.15, 0.2) is 0 Å². The van der Waals surface area contributed by atoms with Gasteiger partial charge in [-0.2, -0.15) is 0 Å². The summed E-state index contributed by atoms with van der Waals surface area (Å²) in [5, 5.41) is 8.87. The van der Waals surface area contributed by atoms with Crippen LogP contribution in [-0.4, -0.2) is 10.1 Å². The maximum absolute atomic E-state index is 12.6. The molecule has 14 heavy (non-hydrogen) atoms. The van der Waals surface area contributed by atoms with E-state index in [1.54, 1.807) is 0 Å². The third kappa shape index (κ3) is 1.93. The number of hydrogen-bond donors (Lipinski definition) is 2. The molecule has 1 heterocycles. The summed E-state index contributed by atoms with van der Waals surface area (Å²) in [4.78, 5) is 3.66. The third-order valence-corrected chi connectivity index (χ3v) is 2.15. The van der Waals surface area contributed by atoms with Crippen LogP contribution in [-0.2, 0) is 12.5 Å². The lowest BCUT2D eigenvalue weighted by Gasteiger charge is -2.12. The van der Waals surface area contributed by atoms with Crippen LogP contribution >= 0.6 is 11.6 Å². The quantitative estimate of drug-likeness (QED) is 0.768. The highest BCUT2D eigenvalue weighted by molar-refractivity contribution is 6.17. The first-order chi connectivity index (χ1) is 6.61. The topological polar surface area (TPSA) is 59.1 Å². The van der Waals surface area contributed by atoms with Crippen molar-refractivity contribution in [2.75, 3.05) is 5.73 Å². The number of nitrogen functional groups attached to an aromatic ring is 1. The Hall–Kier alpha value is -0.940. The Balaban J connectivity index is 3.36. The summed E-state index contributed by atoms with van der Waals surface area (Å²) in [7, 11) is 0. The predicted octanol–water partition coefficient (Wildman–Crippen LogP) is 1.83. The van der Waals surface area contributed by atoms with Gasteiger partial charge in [0.25, 0.3) is 6.43 Å². The second-order valence-electron chi connectivity index (χ2n) is 2.65. The van der Waals surface area contributed by atoms with Crippen molar-refractivity contribution in [3.8, 4) is 0 Å². The van der Waals surface area contributed by atoms with Gasteiger partial charge in [0.05, 0.1) is 6.61 Å². The van der Waals surface area contributed by atoms with Crippen LogP contribution in [0.3, 0.4) is 0 Å². The summed E-state index contributed by atoms with van der Waals surface area (Å²) in [5.74, 6) is -0.170. The van der Waals surface area contributed by atoms with Crippen molar-refractivity contribution in [1.82, 2.24) is 4.98 Å². The number of pyridine rings is 1. The molecule has 0 aliphatic carbocycles. The number of aliphatic hydroxyl groups is 1. The fourth-order valence-corrected chi connectivity index (χ4v) is 1.38. The summed E-state index contributed by atoms with van der Waals surface area (Å²) in [6.45, 7) is -0.566. The maximum atomic E-state index is 12.6. The Bertz CT molecular complexity index is 333. The lowest BCUT2D eigenvalue weighted by atomic mass is 10.1. The first-order valence-corrected chi connectivity index (χ1v) is 4.36. The van der Waals surface area contributed by atoms with Crippen molar-refractivity contribution in [3.63, 3.8) is 0 Å². The van der Waals surface area contributed by atoms with Crippen LogP contribution in [0.25, 0.3) is 0 Å². The monoisotopic (exact) mass is 222 g/mol. The molecule has 0 atom stereocenters. The molecule has 1 aromatic heterocycles. The summed E-state index contributed by atoms with van der Waals surface area (Å²) >= 11 is 5.46. The number of anilines is 1. The van der Waals surface area contributed by atoms with Crippen LogP contribution in [0, 0.1) is 0 Å². The zero-order valence-corrected chi connectivity index (χ0v) is 7.93. The van der Waals surface area contributed by atoms with Gasteiger partial charge in [0.1, 0.15) is 5.82 Å². The maximum Gasteiger partial charge on any atom is 0.264 e. The van der Waals surface area contributed by atoms with Crippen molar-refractivity contribution in [2.45, 2.75) is 18.9 Å². The van der Waals surface area contributed by atoms with Crippen molar-refractivity contribution >= 4 is 17.4 Å². The van der Waals surface area contributed by atoms with Gasteiger partial charge in [0, 0.05) is 23.2 Å².